The van der Waals surface area contributed by atoms with Gasteiger partial charge in [0.25, 0.3) is 0 Å². The van der Waals surface area contributed by atoms with Gasteiger partial charge in [-0.3, -0.25) is 4.79 Å². The quantitative estimate of drug-likeness (QED) is 0.313. The van der Waals surface area contributed by atoms with E-state index in [9.17, 15) is 4.79 Å². The summed E-state index contributed by atoms with van der Waals surface area (Å²) in [5.74, 6) is 2.56. The van der Waals surface area contributed by atoms with E-state index < -0.39 is 0 Å². The SMILES string of the molecule is CC1CCN(C2CCC(NC(=NCC(=O)N(C)C)NCCc3ccco3)CC2)CC1.I. The molecular weight excluding hydrogens is 505 g/mol. The van der Waals surface area contributed by atoms with Crippen LogP contribution in [0.1, 0.15) is 51.2 Å². The Kier molecular flexibility index (Phi) is 11.1. The van der Waals surface area contributed by atoms with Crippen molar-refractivity contribution in [1.29, 1.82) is 0 Å². The largest absolute Gasteiger partial charge is 0.469 e. The van der Waals surface area contributed by atoms with E-state index in [-0.39, 0.29) is 36.4 Å². The number of furan rings is 1. The molecule has 2 aliphatic rings. The minimum Gasteiger partial charge on any atom is -0.469 e. The molecule has 1 aliphatic carbocycles. The zero-order chi connectivity index (χ0) is 21.3. The molecule has 176 valence electrons. The minimum atomic E-state index is 0. The highest BCUT2D eigenvalue weighted by Crippen LogP contribution is 2.27. The molecule has 1 saturated heterocycles. The number of hydrogen-bond acceptors (Lipinski definition) is 4. The molecule has 7 nitrogen and oxygen atoms in total. The number of likely N-dealkylation sites (tertiary alicyclic amines) is 1. The smallest absolute Gasteiger partial charge is 0.243 e. The lowest BCUT2D eigenvalue weighted by Gasteiger charge is -2.40. The first-order valence-corrected chi connectivity index (χ1v) is 11.5. The number of rotatable bonds is 7. The van der Waals surface area contributed by atoms with Crippen molar-refractivity contribution in [3.8, 4) is 0 Å². The predicted molar refractivity (Wildman–Crippen MR) is 136 cm³/mol. The highest BCUT2D eigenvalue weighted by molar-refractivity contribution is 14.0. The van der Waals surface area contributed by atoms with Crippen molar-refractivity contribution >= 4 is 35.8 Å². The molecule has 31 heavy (non-hydrogen) atoms. The van der Waals surface area contributed by atoms with Crippen LogP contribution in [0, 0.1) is 5.92 Å². The van der Waals surface area contributed by atoms with Crippen LogP contribution >= 0.6 is 24.0 Å². The summed E-state index contributed by atoms with van der Waals surface area (Å²) in [6, 6.07) is 5.02. The fourth-order valence-electron chi connectivity index (χ4n) is 4.37. The second-order valence-corrected chi connectivity index (χ2v) is 9.08. The summed E-state index contributed by atoms with van der Waals surface area (Å²) in [5.41, 5.74) is 0. The van der Waals surface area contributed by atoms with Crippen molar-refractivity contribution in [1.82, 2.24) is 20.4 Å². The molecule has 8 heteroatoms. The van der Waals surface area contributed by atoms with Crippen LogP contribution in [0.15, 0.2) is 27.8 Å². The molecule has 2 heterocycles. The van der Waals surface area contributed by atoms with Gasteiger partial charge < -0.3 is 24.9 Å². The van der Waals surface area contributed by atoms with Gasteiger partial charge in [-0.15, -0.1) is 24.0 Å². The van der Waals surface area contributed by atoms with E-state index in [1.807, 2.05) is 12.1 Å². The number of carbonyl (C=O) groups excluding carboxylic acids is 1. The minimum absolute atomic E-state index is 0. The molecule has 1 aromatic heterocycles. The number of nitrogens with zero attached hydrogens (tertiary/aromatic N) is 3. The molecule has 0 spiro atoms. The molecule has 0 unspecified atom stereocenters. The summed E-state index contributed by atoms with van der Waals surface area (Å²) < 4.78 is 5.41. The Hall–Kier alpha value is -1.29. The Morgan fingerprint density at radius 2 is 1.90 bits per heavy atom. The van der Waals surface area contributed by atoms with Crippen LogP contribution in [-0.4, -0.2) is 74.0 Å². The summed E-state index contributed by atoms with van der Waals surface area (Å²) in [7, 11) is 3.52. The number of aliphatic imine (C=N–C) groups is 1. The first-order valence-electron chi connectivity index (χ1n) is 11.5. The molecule has 0 atom stereocenters. The molecule has 2 fully saturated rings. The number of carbonyl (C=O) groups is 1. The molecule has 1 aliphatic heterocycles. The topological polar surface area (TPSA) is 73.1 Å². The molecular formula is C23H40IN5O2. The normalized spacial score (nSPS) is 23.1. The third kappa shape index (κ3) is 8.63. The van der Waals surface area contributed by atoms with Gasteiger partial charge in [-0.2, -0.15) is 0 Å². The number of amides is 1. The van der Waals surface area contributed by atoms with E-state index in [0.29, 0.717) is 6.04 Å². The summed E-state index contributed by atoms with van der Waals surface area (Å²) in [6.07, 6.45) is 9.94. The van der Waals surface area contributed by atoms with Crippen LogP contribution < -0.4 is 10.6 Å². The fourth-order valence-corrected chi connectivity index (χ4v) is 4.37. The van der Waals surface area contributed by atoms with E-state index in [0.717, 1.165) is 49.5 Å². The Bertz CT molecular complexity index is 664. The zero-order valence-corrected chi connectivity index (χ0v) is 21.6. The lowest BCUT2D eigenvalue weighted by atomic mass is 9.88. The van der Waals surface area contributed by atoms with Crippen molar-refractivity contribution in [2.75, 3.05) is 40.3 Å². The number of nitrogens with one attached hydrogen (secondary N) is 2. The maximum absolute atomic E-state index is 12.0. The van der Waals surface area contributed by atoms with Crippen molar-refractivity contribution in [3.05, 3.63) is 24.2 Å². The Morgan fingerprint density at radius 3 is 2.52 bits per heavy atom. The van der Waals surface area contributed by atoms with Crippen molar-refractivity contribution < 1.29 is 9.21 Å². The number of hydrogen-bond donors (Lipinski definition) is 2. The fraction of sp³-hybridized carbons (Fsp3) is 0.739. The molecule has 3 rings (SSSR count). The van der Waals surface area contributed by atoms with Crippen LogP contribution in [0.25, 0.3) is 0 Å². The predicted octanol–water partition coefficient (Wildman–Crippen LogP) is 3.11. The van der Waals surface area contributed by atoms with Gasteiger partial charge in [0.1, 0.15) is 12.3 Å². The summed E-state index contributed by atoms with van der Waals surface area (Å²) in [5, 5.41) is 6.96. The molecule has 1 saturated carbocycles. The van der Waals surface area contributed by atoms with Crippen LogP contribution in [-0.2, 0) is 11.2 Å². The van der Waals surface area contributed by atoms with E-state index in [4.69, 9.17) is 4.42 Å². The zero-order valence-electron chi connectivity index (χ0n) is 19.3. The van der Waals surface area contributed by atoms with Crippen LogP contribution in [0.2, 0.25) is 0 Å². The molecule has 1 aromatic rings. The van der Waals surface area contributed by atoms with Gasteiger partial charge in [0.2, 0.25) is 5.91 Å². The number of guanidine groups is 1. The number of piperidine rings is 1. The van der Waals surface area contributed by atoms with Crippen molar-refractivity contribution in [3.63, 3.8) is 0 Å². The monoisotopic (exact) mass is 545 g/mol. The van der Waals surface area contributed by atoms with Crippen LogP contribution in [0.4, 0.5) is 0 Å². The molecule has 2 N–H and O–H groups in total. The standard InChI is InChI=1S/C23H39N5O2.HI/c1-18-11-14-28(15-12-18)20-8-6-19(7-9-20)26-23(25-17-22(29)27(2)3)24-13-10-21-5-4-16-30-21;/h4-5,16,18-20H,6-15,17H2,1-3H3,(H2,24,25,26);1H. The van der Waals surface area contributed by atoms with Crippen molar-refractivity contribution in [2.24, 2.45) is 10.9 Å². The van der Waals surface area contributed by atoms with E-state index in [1.165, 1.54) is 38.8 Å². The van der Waals surface area contributed by atoms with Crippen molar-refractivity contribution in [2.45, 2.75) is 64.0 Å². The maximum atomic E-state index is 12.0. The average Bonchev–Trinajstić information content (AvgIpc) is 3.26. The maximum Gasteiger partial charge on any atom is 0.243 e. The molecule has 0 aromatic carbocycles. The Labute approximate surface area is 204 Å². The Balaban J connectivity index is 0.00000341. The van der Waals surface area contributed by atoms with Gasteiger partial charge in [0.15, 0.2) is 5.96 Å². The molecule has 1 amide bonds. The first kappa shape index (κ1) is 26.0. The van der Waals surface area contributed by atoms with Gasteiger partial charge in [0, 0.05) is 39.1 Å². The van der Waals surface area contributed by atoms with Gasteiger partial charge >= 0.3 is 0 Å². The summed E-state index contributed by atoms with van der Waals surface area (Å²) >= 11 is 0. The molecule has 0 bridgehead atoms. The van der Waals surface area contributed by atoms with Gasteiger partial charge in [-0.25, -0.2) is 4.99 Å². The Morgan fingerprint density at radius 1 is 1.19 bits per heavy atom. The van der Waals surface area contributed by atoms with Crippen LogP contribution in [0.3, 0.4) is 0 Å². The summed E-state index contributed by atoms with van der Waals surface area (Å²) in [6.45, 7) is 5.77. The second-order valence-electron chi connectivity index (χ2n) is 9.08. The highest BCUT2D eigenvalue weighted by Gasteiger charge is 2.28. The third-order valence-electron chi connectivity index (χ3n) is 6.49. The average molecular weight is 546 g/mol. The van der Waals surface area contributed by atoms with E-state index in [2.05, 4.69) is 27.4 Å². The molecule has 0 radical (unpaired) electrons. The lowest BCUT2D eigenvalue weighted by molar-refractivity contribution is -0.127. The van der Waals surface area contributed by atoms with Crippen LogP contribution in [0.5, 0.6) is 0 Å². The van der Waals surface area contributed by atoms with E-state index >= 15 is 0 Å². The van der Waals surface area contributed by atoms with Gasteiger partial charge in [0.05, 0.1) is 6.26 Å². The second kappa shape index (κ2) is 13.3. The van der Waals surface area contributed by atoms with Gasteiger partial charge in [-0.1, -0.05) is 6.92 Å². The summed E-state index contributed by atoms with van der Waals surface area (Å²) in [4.78, 5) is 20.8. The number of halogens is 1. The third-order valence-corrected chi connectivity index (χ3v) is 6.49. The lowest BCUT2D eigenvalue weighted by Crippen LogP contribution is -2.49. The van der Waals surface area contributed by atoms with Gasteiger partial charge in [-0.05, 0) is 69.7 Å². The van der Waals surface area contributed by atoms with E-state index in [1.54, 1.807) is 25.3 Å². The number of likely N-dealkylation sites (N-methyl/N-ethyl adjacent to an activating group) is 1. The highest BCUT2D eigenvalue weighted by atomic mass is 127. The first-order chi connectivity index (χ1) is 14.5.